The van der Waals surface area contributed by atoms with Crippen molar-refractivity contribution >= 4 is 11.6 Å². The molecule has 0 unspecified atom stereocenters. The molecule has 0 saturated carbocycles. The summed E-state index contributed by atoms with van der Waals surface area (Å²) >= 11 is 0. The van der Waals surface area contributed by atoms with Gasteiger partial charge in [-0.25, -0.2) is 0 Å². The average Bonchev–Trinajstić information content (AvgIpc) is 2.85. The predicted octanol–water partition coefficient (Wildman–Crippen LogP) is 1.93. The molecule has 4 heteroatoms. The van der Waals surface area contributed by atoms with Crippen LogP contribution in [0.3, 0.4) is 0 Å². The van der Waals surface area contributed by atoms with Crippen LogP contribution in [0, 0.1) is 0 Å². The van der Waals surface area contributed by atoms with E-state index in [0.29, 0.717) is 13.2 Å². The summed E-state index contributed by atoms with van der Waals surface area (Å²) in [7, 11) is 0. The molecule has 2 rings (SSSR count). The van der Waals surface area contributed by atoms with Gasteiger partial charge in [-0.3, -0.25) is 4.79 Å². The summed E-state index contributed by atoms with van der Waals surface area (Å²) in [6.45, 7) is 5.61. The van der Waals surface area contributed by atoms with E-state index in [1.165, 1.54) is 11.8 Å². The number of hydrogen-bond donors (Lipinski definition) is 2. The van der Waals surface area contributed by atoms with Gasteiger partial charge in [0, 0.05) is 24.3 Å². The van der Waals surface area contributed by atoms with E-state index in [2.05, 4.69) is 17.2 Å². The first kappa shape index (κ1) is 12.5. The molecular weight excluding hydrogens is 228 g/mol. The second-order valence-electron chi connectivity index (χ2n) is 4.20. The van der Waals surface area contributed by atoms with Gasteiger partial charge in [0.15, 0.2) is 0 Å². The Morgan fingerprint density at radius 2 is 2.44 bits per heavy atom. The molecule has 0 saturated heterocycles. The quantitative estimate of drug-likeness (QED) is 0.595. The minimum atomic E-state index is -0.0247. The Labute approximate surface area is 107 Å². The van der Waals surface area contributed by atoms with E-state index < -0.39 is 0 Å². The zero-order valence-corrected chi connectivity index (χ0v) is 10.4. The van der Waals surface area contributed by atoms with Crippen LogP contribution in [-0.4, -0.2) is 25.6 Å². The Morgan fingerprint density at radius 3 is 3.28 bits per heavy atom. The van der Waals surface area contributed by atoms with Gasteiger partial charge in [-0.2, -0.15) is 0 Å². The van der Waals surface area contributed by atoms with Crippen LogP contribution in [-0.2, 0) is 11.2 Å². The maximum Gasteiger partial charge on any atom is 0.251 e. The van der Waals surface area contributed by atoms with Crippen molar-refractivity contribution in [2.45, 2.75) is 12.8 Å². The number of ether oxygens (including phenoxy) is 1. The Hall–Kier alpha value is -1.97. The van der Waals surface area contributed by atoms with Crippen LogP contribution in [0.4, 0.5) is 5.69 Å². The number of hydrogen-bond acceptors (Lipinski definition) is 3. The summed E-state index contributed by atoms with van der Waals surface area (Å²) in [5.74, 6) is -0.0247. The fourth-order valence-corrected chi connectivity index (χ4v) is 1.99. The lowest BCUT2D eigenvalue weighted by Crippen LogP contribution is -2.25. The number of anilines is 1. The van der Waals surface area contributed by atoms with Crippen molar-refractivity contribution in [2.24, 2.45) is 0 Å². The summed E-state index contributed by atoms with van der Waals surface area (Å²) in [5, 5.41) is 6.15. The third-order valence-corrected chi connectivity index (χ3v) is 2.92. The van der Waals surface area contributed by atoms with Crippen LogP contribution in [0.5, 0.6) is 0 Å². The van der Waals surface area contributed by atoms with Gasteiger partial charge >= 0.3 is 0 Å². The zero-order valence-electron chi connectivity index (χ0n) is 10.4. The van der Waals surface area contributed by atoms with E-state index in [0.717, 1.165) is 30.6 Å². The molecule has 1 aromatic carbocycles. The Kier molecular flexibility index (Phi) is 4.23. The van der Waals surface area contributed by atoms with Crippen LogP contribution >= 0.6 is 0 Å². The number of nitrogens with one attached hydrogen (secondary N) is 2. The fraction of sp³-hybridized carbons (Fsp3) is 0.357. The van der Waals surface area contributed by atoms with Crippen molar-refractivity contribution in [3.63, 3.8) is 0 Å². The van der Waals surface area contributed by atoms with Crippen molar-refractivity contribution in [1.82, 2.24) is 5.32 Å². The third kappa shape index (κ3) is 3.03. The van der Waals surface area contributed by atoms with E-state index in [1.54, 1.807) is 0 Å². The Balaban J connectivity index is 1.83. The molecule has 1 amide bonds. The second-order valence-corrected chi connectivity index (χ2v) is 4.20. The van der Waals surface area contributed by atoms with E-state index in [9.17, 15) is 4.79 Å². The average molecular weight is 246 g/mol. The van der Waals surface area contributed by atoms with Crippen LogP contribution in [0.1, 0.15) is 22.3 Å². The van der Waals surface area contributed by atoms with Gasteiger partial charge in [-0.15, -0.1) is 0 Å². The highest BCUT2D eigenvalue weighted by Crippen LogP contribution is 2.22. The summed E-state index contributed by atoms with van der Waals surface area (Å²) < 4.78 is 4.99. The van der Waals surface area contributed by atoms with Gasteiger partial charge in [0.25, 0.3) is 5.91 Å². The predicted molar refractivity (Wildman–Crippen MR) is 71.7 cm³/mol. The molecule has 1 heterocycles. The van der Waals surface area contributed by atoms with E-state index in [1.807, 2.05) is 18.2 Å². The highest BCUT2D eigenvalue weighted by molar-refractivity contribution is 5.95. The molecule has 2 N–H and O–H groups in total. The van der Waals surface area contributed by atoms with E-state index in [-0.39, 0.29) is 5.91 Å². The third-order valence-electron chi connectivity index (χ3n) is 2.92. The van der Waals surface area contributed by atoms with Gasteiger partial charge in [-0.05, 0) is 36.6 Å². The van der Waals surface area contributed by atoms with Gasteiger partial charge in [0.05, 0.1) is 12.9 Å². The van der Waals surface area contributed by atoms with Crippen molar-refractivity contribution in [2.75, 3.05) is 25.0 Å². The lowest BCUT2D eigenvalue weighted by Gasteiger charge is -2.07. The molecule has 0 radical (unpaired) electrons. The Morgan fingerprint density at radius 1 is 1.56 bits per heavy atom. The number of rotatable bonds is 6. The standard InChI is InChI=1S/C14H18N2O2/c1-2-18-9-3-7-16-14(17)12-4-5-13-11(10-12)6-8-15-13/h2,4-5,10,15H,1,3,6-9H2,(H,16,17). The molecular formula is C14H18N2O2. The maximum absolute atomic E-state index is 11.9. The summed E-state index contributed by atoms with van der Waals surface area (Å²) in [4.78, 5) is 11.9. The minimum Gasteiger partial charge on any atom is -0.502 e. The van der Waals surface area contributed by atoms with Crippen molar-refractivity contribution in [3.8, 4) is 0 Å². The largest absolute Gasteiger partial charge is 0.502 e. The molecule has 4 nitrogen and oxygen atoms in total. The van der Waals surface area contributed by atoms with Crippen molar-refractivity contribution in [1.29, 1.82) is 0 Å². The SMILES string of the molecule is C=COCCCNC(=O)c1ccc2c(c1)CCN2. The van der Waals surface area contributed by atoms with E-state index in [4.69, 9.17) is 4.74 Å². The molecule has 0 bridgehead atoms. The van der Waals surface area contributed by atoms with Gasteiger partial charge < -0.3 is 15.4 Å². The summed E-state index contributed by atoms with van der Waals surface area (Å²) in [6.07, 6.45) is 3.18. The molecule has 0 atom stereocenters. The molecule has 1 aromatic rings. The van der Waals surface area contributed by atoms with E-state index >= 15 is 0 Å². The monoisotopic (exact) mass is 246 g/mol. The van der Waals surface area contributed by atoms with Crippen LogP contribution in [0.15, 0.2) is 31.0 Å². The summed E-state index contributed by atoms with van der Waals surface area (Å²) in [6, 6.07) is 5.79. The fourth-order valence-electron chi connectivity index (χ4n) is 1.99. The highest BCUT2D eigenvalue weighted by Gasteiger charge is 2.12. The van der Waals surface area contributed by atoms with Crippen molar-refractivity contribution < 1.29 is 9.53 Å². The minimum absolute atomic E-state index is 0.0247. The summed E-state index contributed by atoms with van der Waals surface area (Å²) in [5.41, 5.74) is 3.09. The lowest BCUT2D eigenvalue weighted by atomic mass is 10.1. The van der Waals surface area contributed by atoms with Gasteiger partial charge in [-0.1, -0.05) is 6.58 Å². The molecule has 96 valence electrons. The molecule has 0 aromatic heterocycles. The normalized spacial score (nSPS) is 12.4. The maximum atomic E-state index is 11.9. The number of amides is 1. The highest BCUT2D eigenvalue weighted by atomic mass is 16.5. The molecule has 18 heavy (non-hydrogen) atoms. The Bertz CT molecular complexity index is 443. The van der Waals surface area contributed by atoms with Gasteiger partial charge in [0.1, 0.15) is 0 Å². The van der Waals surface area contributed by atoms with Gasteiger partial charge in [0.2, 0.25) is 0 Å². The zero-order chi connectivity index (χ0) is 12.8. The molecule has 1 aliphatic rings. The van der Waals surface area contributed by atoms with Crippen LogP contribution < -0.4 is 10.6 Å². The molecule has 0 fully saturated rings. The van der Waals surface area contributed by atoms with Crippen LogP contribution in [0.25, 0.3) is 0 Å². The molecule has 1 aliphatic heterocycles. The van der Waals surface area contributed by atoms with Crippen LogP contribution in [0.2, 0.25) is 0 Å². The smallest absolute Gasteiger partial charge is 0.251 e. The first-order chi connectivity index (χ1) is 8.81. The lowest BCUT2D eigenvalue weighted by molar-refractivity contribution is 0.0950. The first-order valence-corrected chi connectivity index (χ1v) is 6.19. The number of carbonyl (C=O) groups excluding carboxylic acids is 1. The molecule has 0 spiro atoms. The number of carbonyl (C=O) groups is 1. The number of benzene rings is 1. The topological polar surface area (TPSA) is 50.4 Å². The second kappa shape index (κ2) is 6.10. The van der Waals surface area contributed by atoms with Crippen molar-refractivity contribution in [3.05, 3.63) is 42.2 Å². The number of fused-ring (bicyclic) bond motifs is 1. The molecule has 0 aliphatic carbocycles. The first-order valence-electron chi connectivity index (χ1n) is 6.19.